The molecule has 0 saturated carbocycles. The molecule has 6 nitrogen and oxygen atoms in total. The molecule has 0 spiro atoms. The zero-order valence-corrected chi connectivity index (χ0v) is 20.4. The molecule has 3 aromatic carbocycles. The first-order valence-electron chi connectivity index (χ1n) is 11.7. The number of aromatic nitrogens is 2. The van der Waals surface area contributed by atoms with E-state index in [1.54, 1.807) is 10.8 Å². The molecular formula is C30H26N4O2. The van der Waals surface area contributed by atoms with E-state index in [2.05, 4.69) is 5.10 Å². The number of carbonyl (C=O) groups is 1. The van der Waals surface area contributed by atoms with Gasteiger partial charge in [-0.15, -0.1) is 0 Å². The highest BCUT2D eigenvalue weighted by molar-refractivity contribution is 6.34. The molecule has 0 bridgehead atoms. The van der Waals surface area contributed by atoms with Crippen LogP contribution in [0.2, 0.25) is 0 Å². The highest BCUT2D eigenvalue weighted by Crippen LogP contribution is 2.30. The monoisotopic (exact) mass is 474 g/mol. The van der Waals surface area contributed by atoms with Crippen molar-refractivity contribution in [1.29, 1.82) is 0 Å². The molecule has 0 atom stereocenters. The predicted molar refractivity (Wildman–Crippen MR) is 145 cm³/mol. The molecule has 0 unspecified atom stereocenters. The van der Waals surface area contributed by atoms with Gasteiger partial charge in [0.15, 0.2) is 0 Å². The minimum absolute atomic E-state index is 0.121. The van der Waals surface area contributed by atoms with Crippen LogP contribution in [0, 0.1) is 6.92 Å². The van der Waals surface area contributed by atoms with E-state index in [0.29, 0.717) is 28.1 Å². The molecule has 1 aromatic heterocycles. The average Bonchev–Trinajstić information content (AvgIpc) is 3.32. The van der Waals surface area contributed by atoms with Crippen molar-refractivity contribution in [2.24, 2.45) is 12.1 Å². The second-order valence-corrected chi connectivity index (χ2v) is 8.60. The quantitative estimate of drug-likeness (QED) is 0.365. The van der Waals surface area contributed by atoms with E-state index < -0.39 is 0 Å². The SMILES string of the molecule is CC1=NN(c2ccccc2)C(=O)C1=C(C=Cc1c(C)n(C)n(-c2ccccc2)c1=O)c1ccccc1. The molecular weight excluding hydrogens is 448 g/mol. The van der Waals surface area contributed by atoms with Gasteiger partial charge in [-0.3, -0.25) is 14.3 Å². The fourth-order valence-electron chi connectivity index (χ4n) is 4.45. The maximum atomic E-state index is 13.6. The Morgan fingerprint density at radius 1 is 0.778 bits per heavy atom. The van der Waals surface area contributed by atoms with Crippen molar-refractivity contribution in [3.63, 3.8) is 0 Å². The molecule has 0 fully saturated rings. The van der Waals surface area contributed by atoms with Crippen LogP contribution in [0.1, 0.15) is 23.7 Å². The van der Waals surface area contributed by atoms with Crippen LogP contribution >= 0.6 is 0 Å². The van der Waals surface area contributed by atoms with Crippen molar-refractivity contribution in [2.45, 2.75) is 13.8 Å². The third-order valence-corrected chi connectivity index (χ3v) is 6.39. The van der Waals surface area contributed by atoms with Crippen molar-refractivity contribution >= 4 is 29.0 Å². The summed E-state index contributed by atoms with van der Waals surface area (Å²) in [4.78, 5) is 27.0. The van der Waals surface area contributed by atoms with Crippen molar-refractivity contribution in [3.05, 3.63) is 130 Å². The lowest BCUT2D eigenvalue weighted by atomic mass is 9.96. The molecule has 36 heavy (non-hydrogen) atoms. The second-order valence-electron chi connectivity index (χ2n) is 8.60. The predicted octanol–water partition coefficient (Wildman–Crippen LogP) is 5.37. The van der Waals surface area contributed by atoms with Gasteiger partial charge in [-0.1, -0.05) is 72.8 Å². The first kappa shape index (κ1) is 23.1. The first-order chi connectivity index (χ1) is 17.5. The zero-order valence-electron chi connectivity index (χ0n) is 20.4. The third kappa shape index (κ3) is 4.03. The van der Waals surface area contributed by atoms with Gasteiger partial charge in [0.05, 0.1) is 28.2 Å². The molecule has 0 aliphatic carbocycles. The van der Waals surface area contributed by atoms with Crippen LogP contribution in [0.15, 0.2) is 113 Å². The Hall–Kier alpha value is -4.71. The molecule has 1 aliphatic heterocycles. The highest BCUT2D eigenvalue weighted by atomic mass is 16.2. The smallest absolute Gasteiger partial charge is 0.281 e. The van der Waals surface area contributed by atoms with E-state index in [9.17, 15) is 9.59 Å². The Morgan fingerprint density at radius 2 is 1.33 bits per heavy atom. The van der Waals surface area contributed by atoms with Crippen LogP contribution in [-0.2, 0) is 11.8 Å². The molecule has 0 radical (unpaired) electrons. The van der Waals surface area contributed by atoms with Crippen LogP contribution in [0.3, 0.4) is 0 Å². The lowest BCUT2D eigenvalue weighted by molar-refractivity contribution is -0.114. The van der Waals surface area contributed by atoms with E-state index in [0.717, 1.165) is 16.9 Å². The molecule has 5 rings (SSSR count). The van der Waals surface area contributed by atoms with E-state index in [4.69, 9.17) is 0 Å². The third-order valence-electron chi connectivity index (χ3n) is 6.39. The Morgan fingerprint density at radius 3 is 1.94 bits per heavy atom. The van der Waals surface area contributed by atoms with Gasteiger partial charge >= 0.3 is 0 Å². The summed E-state index contributed by atoms with van der Waals surface area (Å²) < 4.78 is 3.49. The number of allylic oxidation sites excluding steroid dienone is 2. The number of para-hydroxylation sites is 2. The van der Waals surface area contributed by atoms with Crippen LogP contribution < -0.4 is 10.6 Å². The van der Waals surface area contributed by atoms with Crippen LogP contribution in [0.25, 0.3) is 17.3 Å². The minimum Gasteiger partial charge on any atom is -0.285 e. The average molecular weight is 475 g/mol. The van der Waals surface area contributed by atoms with Gasteiger partial charge < -0.3 is 0 Å². The van der Waals surface area contributed by atoms with E-state index in [1.807, 2.05) is 123 Å². The van der Waals surface area contributed by atoms with Gasteiger partial charge in [0.1, 0.15) is 0 Å². The summed E-state index contributed by atoms with van der Waals surface area (Å²) >= 11 is 0. The normalized spacial score (nSPS) is 15.0. The maximum absolute atomic E-state index is 13.6. The zero-order chi connectivity index (χ0) is 25.2. The lowest BCUT2D eigenvalue weighted by Gasteiger charge is -2.12. The van der Waals surface area contributed by atoms with E-state index >= 15 is 0 Å². The number of benzene rings is 3. The fraction of sp³-hybridized carbons (Fsp3) is 0.100. The van der Waals surface area contributed by atoms with Crippen molar-refractivity contribution in [2.75, 3.05) is 5.01 Å². The number of hydrogen-bond acceptors (Lipinski definition) is 3. The van der Waals surface area contributed by atoms with Gasteiger partial charge in [-0.25, -0.2) is 4.68 Å². The van der Waals surface area contributed by atoms with Gasteiger partial charge in [0.25, 0.3) is 11.5 Å². The number of rotatable bonds is 5. The summed E-state index contributed by atoms with van der Waals surface area (Å²) in [5.41, 5.74) is 5.50. The summed E-state index contributed by atoms with van der Waals surface area (Å²) in [5, 5.41) is 5.98. The Labute approximate surface area is 209 Å². The van der Waals surface area contributed by atoms with Crippen LogP contribution in [0.5, 0.6) is 0 Å². The van der Waals surface area contributed by atoms with Crippen molar-refractivity contribution < 1.29 is 4.79 Å². The number of hydrogen-bond donors (Lipinski definition) is 0. The lowest BCUT2D eigenvalue weighted by Crippen LogP contribution is -2.22. The number of hydrazone groups is 1. The minimum atomic E-state index is -0.200. The Bertz CT molecular complexity index is 1570. The standard InChI is InChI=1S/C30H26N4O2/c1-21-28(30(36)33(31-21)24-15-9-5-10-16-24)27(23-13-7-4-8-14-23)20-19-26-22(2)32(3)34(29(26)35)25-17-11-6-12-18-25/h4-20H,1-3H3. The van der Waals surface area contributed by atoms with Gasteiger partial charge in [0.2, 0.25) is 0 Å². The Kier molecular flexibility index (Phi) is 6.09. The molecule has 4 aromatic rings. The molecule has 178 valence electrons. The van der Waals surface area contributed by atoms with Gasteiger partial charge in [0, 0.05) is 12.7 Å². The maximum Gasteiger partial charge on any atom is 0.281 e. The fourth-order valence-corrected chi connectivity index (χ4v) is 4.45. The van der Waals surface area contributed by atoms with Gasteiger partial charge in [-0.05, 0) is 55.3 Å². The molecule has 1 aliphatic rings. The van der Waals surface area contributed by atoms with Crippen LogP contribution in [-0.4, -0.2) is 21.0 Å². The summed E-state index contributed by atoms with van der Waals surface area (Å²) in [7, 11) is 1.87. The summed E-state index contributed by atoms with van der Waals surface area (Å²) in [5.74, 6) is -0.200. The number of anilines is 1. The van der Waals surface area contributed by atoms with Crippen molar-refractivity contribution in [3.8, 4) is 5.69 Å². The summed E-state index contributed by atoms with van der Waals surface area (Å²) in [6.07, 6.45) is 3.66. The molecule has 1 amide bonds. The van der Waals surface area contributed by atoms with Crippen LogP contribution in [0.4, 0.5) is 5.69 Å². The first-order valence-corrected chi connectivity index (χ1v) is 11.7. The number of carbonyl (C=O) groups excluding carboxylic acids is 1. The summed E-state index contributed by atoms with van der Waals surface area (Å²) in [6.45, 7) is 3.75. The topological polar surface area (TPSA) is 59.6 Å². The molecule has 6 heteroatoms. The van der Waals surface area contributed by atoms with Crippen molar-refractivity contribution in [1.82, 2.24) is 9.36 Å². The Balaban J connectivity index is 1.64. The highest BCUT2D eigenvalue weighted by Gasteiger charge is 2.31. The summed E-state index contributed by atoms with van der Waals surface area (Å²) in [6, 6.07) is 28.6. The molecule has 0 saturated heterocycles. The van der Waals surface area contributed by atoms with E-state index in [-0.39, 0.29) is 11.5 Å². The molecule has 0 N–H and O–H groups in total. The largest absolute Gasteiger partial charge is 0.285 e. The number of nitrogens with zero attached hydrogens (tertiary/aromatic N) is 4. The molecule has 2 heterocycles. The van der Waals surface area contributed by atoms with Gasteiger partial charge in [-0.2, -0.15) is 10.1 Å². The second kappa shape index (κ2) is 9.50. The van der Waals surface area contributed by atoms with E-state index in [1.165, 1.54) is 5.01 Å². The number of amides is 1.